The molecule has 0 unspecified atom stereocenters. The summed E-state index contributed by atoms with van der Waals surface area (Å²) in [5.41, 5.74) is 2.37. The zero-order valence-corrected chi connectivity index (χ0v) is 12.1. The van der Waals surface area contributed by atoms with Crippen LogP contribution in [-0.2, 0) is 4.79 Å². The summed E-state index contributed by atoms with van der Waals surface area (Å²) in [5, 5.41) is 6.28. The summed E-state index contributed by atoms with van der Waals surface area (Å²) in [6, 6.07) is 6.13. The number of carbonyl (C=O) groups excluding carboxylic acids is 1. The molecule has 0 spiro atoms. The summed E-state index contributed by atoms with van der Waals surface area (Å²) < 4.78 is 5.71. The first-order chi connectivity index (χ1) is 9.66. The number of amides is 1. The molecule has 4 heteroatoms. The van der Waals surface area contributed by atoms with E-state index in [2.05, 4.69) is 23.6 Å². The van der Waals surface area contributed by atoms with Crippen LogP contribution < -0.4 is 15.4 Å². The topological polar surface area (TPSA) is 50.4 Å². The fourth-order valence-corrected chi connectivity index (χ4v) is 3.22. The van der Waals surface area contributed by atoms with Gasteiger partial charge in [0.05, 0.1) is 6.54 Å². The van der Waals surface area contributed by atoms with Crippen molar-refractivity contribution < 1.29 is 9.53 Å². The molecule has 2 N–H and O–H groups in total. The number of benzene rings is 1. The summed E-state index contributed by atoms with van der Waals surface area (Å²) in [4.78, 5) is 11.9. The Morgan fingerprint density at radius 3 is 2.80 bits per heavy atom. The first-order valence-corrected chi connectivity index (χ1v) is 7.35. The monoisotopic (exact) mass is 274 g/mol. The highest BCUT2D eigenvalue weighted by Gasteiger charge is 2.56. The molecule has 20 heavy (non-hydrogen) atoms. The zero-order chi connectivity index (χ0) is 14.1. The van der Waals surface area contributed by atoms with E-state index in [0.29, 0.717) is 25.0 Å². The molecule has 1 amide bonds. The lowest BCUT2D eigenvalue weighted by Gasteiger charge is -2.11. The van der Waals surface area contributed by atoms with Gasteiger partial charge in [-0.05, 0) is 50.4 Å². The second-order valence-corrected chi connectivity index (χ2v) is 5.92. The van der Waals surface area contributed by atoms with E-state index in [4.69, 9.17) is 4.74 Å². The molecule has 3 rings (SSSR count). The quantitative estimate of drug-likeness (QED) is 0.795. The lowest BCUT2D eigenvalue weighted by Crippen LogP contribution is -2.32. The maximum atomic E-state index is 11.9. The average molecular weight is 274 g/mol. The van der Waals surface area contributed by atoms with Gasteiger partial charge in [-0.3, -0.25) is 4.79 Å². The van der Waals surface area contributed by atoms with E-state index in [9.17, 15) is 4.79 Å². The molecule has 0 aromatic heterocycles. The molecule has 1 aromatic rings. The standard InChI is InChI=1S/C16H22N2O2/c1-10-3-4-14(11(2)7-10)20-6-5-18-16(19)15-12-8-17-9-13(12)15/h3-4,7,12-13,15,17H,5-6,8-9H2,1-2H3,(H,18,19)/t12-,13+,15+. The van der Waals surface area contributed by atoms with Crippen molar-refractivity contribution in [3.05, 3.63) is 29.3 Å². The van der Waals surface area contributed by atoms with Gasteiger partial charge in [-0.2, -0.15) is 0 Å². The molecule has 1 saturated carbocycles. The van der Waals surface area contributed by atoms with Gasteiger partial charge in [0, 0.05) is 5.92 Å². The Morgan fingerprint density at radius 1 is 1.35 bits per heavy atom. The van der Waals surface area contributed by atoms with E-state index in [0.717, 1.165) is 24.4 Å². The minimum Gasteiger partial charge on any atom is -0.491 e. The summed E-state index contributed by atoms with van der Waals surface area (Å²) >= 11 is 0. The molecule has 4 nitrogen and oxygen atoms in total. The largest absolute Gasteiger partial charge is 0.491 e. The second-order valence-electron chi connectivity index (χ2n) is 5.92. The van der Waals surface area contributed by atoms with Crippen LogP contribution in [-0.4, -0.2) is 32.1 Å². The number of fused-ring (bicyclic) bond motifs is 1. The van der Waals surface area contributed by atoms with E-state index < -0.39 is 0 Å². The average Bonchev–Trinajstić information content (AvgIpc) is 2.90. The van der Waals surface area contributed by atoms with Crippen LogP contribution in [0.1, 0.15) is 11.1 Å². The van der Waals surface area contributed by atoms with Crippen molar-refractivity contribution in [2.75, 3.05) is 26.2 Å². The lowest BCUT2D eigenvalue weighted by molar-refractivity contribution is -0.123. The van der Waals surface area contributed by atoms with E-state index in [1.807, 2.05) is 19.1 Å². The highest BCUT2D eigenvalue weighted by molar-refractivity contribution is 5.82. The van der Waals surface area contributed by atoms with Crippen LogP contribution in [0.2, 0.25) is 0 Å². The number of carbonyl (C=O) groups is 1. The van der Waals surface area contributed by atoms with Crippen LogP contribution in [0.4, 0.5) is 0 Å². The van der Waals surface area contributed by atoms with Crippen molar-refractivity contribution in [1.82, 2.24) is 10.6 Å². The minimum absolute atomic E-state index is 0.200. The van der Waals surface area contributed by atoms with Crippen molar-refractivity contribution in [2.45, 2.75) is 13.8 Å². The fraction of sp³-hybridized carbons (Fsp3) is 0.562. The lowest BCUT2D eigenvalue weighted by atomic mass is 10.1. The Balaban J connectivity index is 1.39. The maximum absolute atomic E-state index is 11.9. The van der Waals surface area contributed by atoms with Crippen LogP contribution in [0.5, 0.6) is 5.75 Å². The third-order valence-corrected chi connectivity index (χ3v) is 4.38. The number of piperidine rings is 1. The second kappa shape index (κ2) is 5.44. The smallest absolute Gasteiger partial charge is 0.223 e. The van der Waals surface area contributed by atoms with E-state index in [1.54, 1.807) is 0 Å². The van der Waals surface area contributed by atoms with Crippen LogP contribution in [0.25, 0.3) is 0 Å². The molecular weight excluding hydrogens is 252 g/mol. The number of aryl methyl sites for hydroxylation is 2. The number of rotatable bonds is 5. The summed E-state index contributed by atoms with van der Waals surface area (Å²) in [6.07, 6.45) is 0. The molecule has 1 aliphatic carbocycles. The molecular formula is C16H22N2O2. The number of nitrogens with one attached hydrogen (secondary N) is 2. The van der Waals surface area contributed by atoms with Gasteiger partial charge in [-0.1, -0.05) is 17.7 Å². The number of hydrogen-bond acceptors (Lipinski definition) is 3. The summed E-state index contributed by atoms with van der Waals surface area (Å²) in [7, 11) is 0. The molecule has 3 atom stereocenters. The fourth-order valence-electron chi connectivity index (χ4n) is 3.22. The maximum Gasteiger partial charge on any atom is 0.223 e. The molecule has 0 bridgehead atoms. The van der Waals surface area contributed by atoms with Crippen molar-refractivity contribution in [1.29, 1.82) is 0 Å². The molecule has 2 aliphatic rings. The zero-order valence-electron chi connectivity index (χ0n) is 12.1. The molecule has 1 heterocycles. The van der Waals surface area contributed by atoms with Gasteiger partial charge in [0.2, 0.25) is 5.91 Å². The van der Waals surface area contributed by atoms with Crippen molar-refractivity contribution in [3.8, 4) is 5.75 Å². The Kier molecular flexibility index (Phi) is 3.66. The van der Waals surface area contributed by atoms with E-state index in [1.165, 1.54) is 5.56 Å². The minimum atomic E-state index is 0.200. The Labute approximate surface area is 119 Å². The Hall–Kier alpha value is -1.55. The highest BCUT2D eigenvalue weighted by atomic mass is 16.5. The van der Waals surface area contributed by atoms with Gasteiger partial charge in [0.25, 0.3) is 0 Å². The van der Waals surface area contributed by atoms with E-state index in [-0.39, 0.29) is 11.8 Å². The van der Waals surface area contributed by atoms with Crippen LogP contribution >= 0.6 is 0 Å². The summed E-state index contributed by atoms with van der Waals surface area (Å²) in [6.45, 7) is 7.22. The molecule has 1 saturated heterocycles. The third-order valence-electron chi connectivity index (χ3n) is 4.38. The number of hydrogen-bond donors (Lipinski definition) is 2. The van der Waals surface area contributed by atoms with Crippen LogP contribution in [0.15, 0.2) is 18.2 Å². The SMILES string of the molecule is Cc1ccc(OCCNC(=O)[C@H]2[C@@H]3CNC[C@@H]32)c(C)c1. The highest BCUT2D eigenvalue weighted by Crippen LogP contribution is 2.48. The van der Waals surface area contributed by atoms with Crippen LogP contribution in [0.3, 0.4) is 0 Å². The van der Waals surface area contributed by atoms with Crippen molar-refractivity contribution >= 4 is 5.91 Å². The summed E-state index contributed by atoms with van der Waals surface area (Å²) in [5.74, 6) is 2.51. The van der Waals surface area contributed by atoms with Gasteiger partial charge in [-0.15, -0.1) is 0 Å². The Bertz CT molecular complexity index is 505. The molecule has 1 aliphatic heterocycles. The van der Waals surface area contributed by atoms with Crippen molar-refractivity contribution in [2.24, 2.45) is 17.8 Å². The normalized spacial score (nSPS) is 27.0. The predicted octanol–water partition coefficient (Wildman–Crippen LogP) is 1.26. The van der Waals surface area contributed by atoms with Gasteiger partial charge in [0.15, 0.2) is 0 Å². The van der Waals surface area contributed by atoms with E-state index >= 15 is 0 Å². The third kappa shape index (κ3) is 2.66. The predicted molar refractivity (Wildman–Crippen MR) is 77.8 cm³/mol. The van der Waals surface area contributed by atoms with Gasteiger partial charge in [0.1, 0.15) is 12.4 Å². The van der Waals surface area contributed by atoms with Crippen molar-refractivity contribution in [3.63, 3.8) is 0 Å². The Morgan fingerprint density at radius 2 is 2.10 bits per heavy atom. The molecule has 108 valence electrons. The molecule has 1 aromatic carbocycles. The van der Waals surface area contributed by atoms with Gasteiger partial charge >= 0.3 is 0 Å². The first kappa shape index (κ1) is 13.4. The van der Waals surface area contributed by atoms with Gasteiger partial charge in [-0.25, -0.2) is 0 Å². The molecule has 2 fully saturated rings. The van der Waals surface area contributed by atoms with Crippen LogP contribution in [0, 0.1) is 31.6 Å². The van der Waals surface area contributed by atoms with Gasteiger partial charge < -0.3 is 15.4 Å². The molecule has 0 radical (unpaired) electrons. The first-order valence-electron chi connectivity index (χ1n) is 7.35. The number of ether oxygens (including phenoxy) is 1.